The Hall–Kier alpha value is -0.340. The lowest BCUT2D eigenvalue weighted by Crippen LogP contribution is -2.28. The van der Waals surface area contributed by atoms with Crippen molar-refractivity contribution in [3.05, 3.63) is 12.2 Å². The summed E-state index contributed by atoms with van der Waals surface area (Å²) in [6.45, 7) is 5.02. The van der Waals surface area contributed by atoms with Crippen molar-refractivity contribution in [1.82, 2.24) is 0 Å². The topological polar surface area (TPSA) is 18.5 Å². The molecule has 0 aromatic carbocycles. The summed E-state index contributed by atoms with van der Waals surface area (Å²) in [4.78, 5) is 0. The van der Waals surface area contributed by atoms with Gasteiger partial charge in [0.15, 0.2) is 6.29 Å². The number of hydrogen-bond donors (Lipinski definition) is 0. The van der Waals surface area contributed by atoms with Crippen molar-refractivity contribution in [3.63, 3.8) is 0 Å². The largest absolute Gasteiger partial charge is 0.353 e. The molecule has 0 amide bonds. The van der Waals surface area contributed by atoms with E-state index in [1.807, 2.05) is 6.92 Å². The Kier molecular flexibility index (Phi) is 8.37. The molecule has 0 aromatic heterocycles. The third kappa shape index (κ3) is 6.85. The van der Waals surface area contributed by atoms with Crippen LogP contribution in [-0.4, -0.2) is 19.0 Å². The second-order valence-electron chi connectivity index (χ2n) is 4.77. The highest BCUT2D eigenvalue weighted by molar-refractivity contribution is 4.91. The van der Waals surface area contributed by atoms with E-state index >= 15 is 0 Å². The first-order valence-electron chi connectivity index (χ1n) is 7.30. The minimum atomic E-state index is 0.0310. The molecule has 1 fully saturated rings. The number of rotatable bonds is 8. The van der Waals surface area contributed by atoms with E-state index in [9.17, 15) is 0 Å². The fourth-order valence-electron chi connectivity index (χ4n) is 2.20. The van der Waals surface area contributed by atoms with Crippen LogP contribution in [0.2, 0.25) is 0 Å². The number of unbranched alkanes of at least 4 members (excludes halogenated alkanes) is 4. The summed E-state index contributed by atoms with van der Waals surface area (Å²) in [5.74, 6) is 0. The van der Waals surface area contributed by atoms with E-state index in [4.69, 9.17) is 9.47 Å². The fraction of sp³-hybridized carbons (Fsp3) is 0.867. The lowest BCUT2D eigenvalue weighted by atomic mass is 10.1. The molecule has 0 spiro atoms. The summed E-state index contributed by atoms with van der Waals surface area (Å²) in [5.41, 5.74) is 0. The van der Waals surface area contributed by atoms with Crippen LogP contribution in [-0.2, 0) is 9.47 Å². The molecule has 1 heterocycles. The molecule has 1 rings (SSSR count). The summed E-state index contributed by atoms with van der Waals surface area (Å²) < 4.78 is 11.4. The Morgan fingerprint density at radius 3 is 2.82 bits per heavy atom. The zero-order chi connectivity index (χ0) is 12.3. The standard InChI is InChI=1S/C15H28O2/c1-3-5-6-7-8-9-11-14-12-10-13-15(17-14)16-4-2/h9,11,14-15H,3-8,10,12-13H2,1-2H3/b11-9+/t14-,15?/m1/s1. The Balaban J connectivity index is 2.10. The van der Waals surface area contributed by atoms with Crippen molar-refractivity contribution in [2.45, 2.75) is 77.6 Å². The van der Waals surface area contributed by atoms with Crippen LogP contribution in [0.1, 0.15) is 65.2 Å². The predicted octanol–water partition coefficient (Wildman–Crippen LogP) is 4.44. The Morgan fingerprint density at radius 2 is 2.06 bits per heavy atom. The lowest BCUT2D eigenvalue weighted by Gasteiger charge is -2.27. The maximum absolute atomic E-state index is 5.85. The fourth-order valence-corrected chi connectivity index (χ4v) is 2.20. The maximum atomic E-state index is 5.85. The molecule has 1 unspecified atom stereocenters. The van der Waals surface area contributed by atoms with Crippen molar-refractivity contribution in [2.24, 2.45) is 0 Å². The van der Waals surface area contributed by atoms with E-state index < -0.39 is 0 Å². The third-order valence-electron chi connectivity index (χ3n) is 3.18. The van der Waals surface area contributed by atoms with Crippen LogP contribution in [0, 0.1) is 0 Å². The van der Waals surface area contributed by atoms with Gasteiger partial charge in [0, 0.05) is 6.61 Å². The first-order valence-corrected chi connectivity index (χ1v) is 7.30. The monoisotopic (exact) mass is 240 g/mol. The summed E-state index contributed by atoms with van der Waals surface area (Å²) in [6.07, 6.45) is 14.8. The van der Waals surface area contributed by atoms with Gasteiger partial charge in [-0.25, -0.2) is 0 Å². The van der Waals surface area contributed by atoms with Crippen molar-refractivity contribution in [2.75, 3.05) is 6.61 Å². The smallest absolute Gasteiger partial charge is 0.158 e. The molecule has 2 heteroatoms. The number of hydrogen-bond acceptors (Lipinski definition) is 2. The van der Waals surface area contributed by atoms with Gasteiger partial charge in [0.25, 0.3) is 0 Å². The quantitative estimate of drug-likeness (QED) is 0.461. The highest BCUT2D eigenvalue weighted by atomic mass is 16.7. The molecule has 0 N–H and O–H groups in total. The van der Waals surface area contributed by atoms with Crippen LogP contribution in [0.15, 0.2) is 12.2 Å². The highest BCUT2D eigenvalue weighted by Gasteiger charge is 2.20. The van der Waals surface area contributed by atoms with Crippen LogP contribution >= 0.6 is 0 Å². The molecule has 0 radical (unpaired) electrons. The van der Waals surface area contributed by atoms with Crippen LogP contribution in [0.4, 0.5) is 0 Å². The predicted molar refractivity (Wildman–Crippen MR) is 72.0 cm³/mol. The average Bonchev–Trinajstić information content (AvgIpc) is 2.35. The number of ether oxygens (including phenoxy) is 2. The minimum Gasteiger partial charge on any atom is -0.353 e. The van der Waals surface area contributed by atoms with Gasteiger partial charge in [-0.2, -0.15) is 0 Å². The normalized spacial score (nSPS) is 25.5. The van der Waals surface area contributed by atoms with Crippen molar-refractivity contribution < 1.29 is 9.47 Å². The highest BCUT2D eigenvalue weighted by Crippen LogP contribution is 2.20. The first kappa shape index (κ1) is 14.7. The van der Waals surface area contributed by atoms with Gasteiger partial charge in [-0.05, 0) is 39.0 Å². The maximum Gasteiger partial charge on any atom is 0.158 e. The van der Waals surface area contributed by atoms with E-state index in [0.29, 0.717) is 0 Å². The molecule has 2 atom stereocenters. The Labute approximate surface area is 106 Å². The zero-order valence-corrected chi connectivity index (χ0v) is 11.5. The van der Waals surface area contributed by atoms with Gasteiger partial charge in [0.05, 0.1) is 6.10 Å². The molecule has 2 nitrogen and oxygen atoms in total. The molecule has 1 aliphatic rings. The second kappa shape index (κ2) is 9.67. The van der Waals surface area contributed by atoms with E-state index in [2.05, 4.69) is 19.1 Å². The molecule has 0 saturated carbocycles. The van der Waals surface area contributed by atoms with E-state index in [1.54, 1.807) is 0 Å². The molecule has 100 valence electrons. The van der Waals surface area contributed by atoms with Crippen LogP contribution in [0.25, 0.3) is 0 Å². The van der Waals surface area contributed by atoms with Crippen molar-refractivity contribution >= 4 is 0 Å². The number of allylic oxidation sites excluding steroid dienone is 1. The Bertz CT molecular complexity index is 199. The molecule has 0 aliphatic carbocycles. The molecule has 1 aliphatic heterocycles. The molecule has 0 aromatic rings. The average molecular weight is 240 g/mol. The van der Waals surface area contributed by atoms with Gasteiger partial charge < -0.3 is 9.47 Å². The van der Waals surface area contributed by atoms with Gasteiger partial charge >= 0.3 is 0 Å². The van der Waals surface area contributed by atoms with Gasteiger partial charge in [-0.1, -0.05) is 38.3 Å². The van der Waals surface area contributed by atoms with E-state index in [0.717, 1.165) is 19.4 Å². The lowest BCUT2D eigenvalue weighted by molar-refractivity contribution is -0.179. The summed E-state index contributed by atoms with van der Waals surface area (Å²) in [7, 11) is 0. The summed E-state index contributed by atoms with van der Waals surface area (Å²) in [6, 6.07) is 0. The van der Waals surface area contributed by atoms with Crippen molar-refractivity contribution in [1.29, 1.82) is 0 Å². The second-order valence-corrected chi connectivity index (χ2v) is 4.77. The summed E-state index contributed by atoms with van der Waals surface area (Å²) in [5, 5.41) is 0. The van der Waals surface area contributed by atoms with Crippen molar-refractivity contribution in [3.8, 4) is 0 Å². The SMILES string of the molecule is CCCCCC/C=C/[C@@H]1CCCC(OCC)O1. The molecular formula is C15H28O2. The van der Waals surface area contributed by atoms with Gasteiger partial charge in [-0.15, -0.1) is 0 Å². The van der Waals surface area contributed by atoms with E-state index in [1.165, 1.54) is 38.5 Å². The zero-order valence-electron chi connectivity index (χ0n) is 11.5. The van der Waals surface area contributed by atoms with Gasteiger partial charge in [0.1, 0.15) is 0 Å². The molecule has 17 heavy (non-hydrogen) atoms. The van der Waals surface area contributed by atoms with Crippen LogP contribution < -0.4 is 0 Å². The molecule has 1 saturated heterocycles. The van der Waals surface area contributed by atoms with Gasteiger partial charge in [0.2, 0.25) is 0 Å². The molecular weight excluding hydrogens is 212 g/mol. The Morgan fingerprint density at radius 1 is 1.18 bits per heavy atom. The van der Waals surface area contributed by atoms with E-state index in [-0.39, 0.29) is 12.4 Å². The third-order valence-corrected chi connectivity index (χ3v) is 3.18. The molecule has 0 bridgehead atoms. The van der Waals surface area contributed by atoms with Crippen LogP contribution in [0.5, 0.6) is 0 Å². The summed E-state index contributed by atoms with van der Waals surface area (Å²) >= 11 is 0. The van der Waals surface area contributed by atoms with Gasteiger partial charge in [-0.3, -0.25) is 0 Å². The minimum absolute atomic E-state index is 0.0310. The van der Waals surface area contributed by atoms with Crippen LogP contribution in [0.3, 0.4) is 0 Å². The first-order chi connectivity index (χ1) is 8.36.